The molecule has 88 valence electrons. The number of carbonyl (C=O) groups is 1. The number of aliphatic hydroxyl groups excluding tert-OH is 1. The first kappa shape index (κ1) is 12.5. The smallest absolute Gasteiger partial charge is 0.225 e. The first-order valence-electron chi connectivity index (χ1n) is 5.58. The van der Waals surface area contributed by atoms with Gasteiger partial charge in [0.05, 0.1) is 17.6 Å². The van der Waals surface area contributed by atoms with E-state index in [1.807, 2.05) is 20.8 Å². The van der Waals surface area contributed by atoms with Crippen molar-refractivity contribution in [3.8, 4) is 0 Å². The van der Waals surface area contributed by atoms with Crippen LogP contribution >= 0.6 is 0 Å². The van der Waals surface area contributed by atoms with E-state index in [4.69, 9.17) is 0 Å². The monoisotopic (exact) mass is 214 g/mol. The fraction of sp³-hybridized carbons (Fsp3) is 0.909. The molecule has 1 aliphatic heterocycles. The number of hydrogen-bond acceptors (Lipinski definition) is 3. The first-order valence-corrected chi connectivity index (χ1v) is 5.58. The number of carbonyl (C=O) groups excluding carboxylic acids is 1. The molecule has 4 nitrogen and oxygen atoms in total. The van der Waals surface area contributed by atoms with E-state index in [0.29, 0.717) is 0 Å². The minimum Gasteiger partial charge on any atom is -0.391 e. The lowest BCUT2D eigenvalue weighted by atomic mass is 9.95. The second kappa shape index (κ2) is 4.49. The third-order valence-electron chi connectivity index (χ3n) is 3.35. The van der Waals surface area contributed by atoms with Crippen molar-refractivity contribution >= 4 is 5.91 Å². The SMILES string of the molecule is CC1NCCC1C(=O)NC(C)(C)C(C)O. The lowest BCUT2D eigenvalue weighted by molar-refractivity contribution is -0.128. The highest BCUT2D eigenvalue weighted by Crippen LogP contribution is 2.17. The van der Waals surface area contributed by atoms with Gasteiger partial charge in [0.15, 0.2) is 0 Å². The molecule has 4 heteroatoms. The normalized spacial score (nSPS) is 28.9. The van der Waals surface area contributed by atoms with Crippen molar-refractivity contribution in [1.82, 2.24) is 10.6 Å². The van der Waals surface area contributed by atoms with Crippen LogP contribution in [0.15, 0.2) is 0 Å². The summed E-state index contributed by atoms with van der Waals surface area (Å²) in [6, 6.07) is 0.231. The van der Waals surface area contributed by atoms with E-state index in [2.05, 4.69) is 10.6 Å². The highest BCUT2D eigenvalue weighted by atomic mass is 16.3. The fourth-order valence-electron chi connectivity index (χ4n) is 1.73. The minimum atomic E-state index is -0.556. The van der Waals surface area contributed by atoms with Crippen LogP contribution in [0.25, 0.3) is 0 Å². The minimum absolute atomic E-state index is 0.0306. The van der Waals surface area contributed by atoms with Gasteiger partial charge in [0.1, 0.15) is 0 Å². The van der Waals surface area contributed by atoms with Crippen molar-refractivity contribution in [2.45, 2.75) is 51.8 Å². The van der Waals surface area contributed by atoms with Crippen LogP contribution in [0.5, 0.6) is 0 Å². The van der Waals surface area contributed by atoms with Crippen LogP contribution in [0, 0.1) is 5.92 Å². The molecule has 1 rings (SSSR count). The summed E-state index contributed by atoms with van der Waals surface area (Å²) < 4.78 is 0. The van der Waals surface area contributed by atoms with Crippen LogP contribution in [0.1, 0.15) is 34.1 Å². The fourth-order valence-corrected chi connectivity index (χ4v) is 1.73. The van der Waals surface area contributed by atoms with Gasteiger partial charge in [-0.25, -0.2) is 0 Å². The molecule has 0 spiro atoms. The van der Waals surface area contributed by atoms with Gasteiger partial charge >= 0.3 is 0 Å². The standard InChI is InChI=1S/C11H22N2O2/c1-7-9(5-6-12-7)10(15)13-11(3,4)8(2)14/h7-9,12,14H,5-6H2,1-4H3,(H,13,15). The van der Waals surface area contributed by atoms with Crippen LogP contribution < -0.4 is 10.6 Å². The van der Waals surface area contributed by atoms with E-state index in [9.17, 15) is 9.90 Å². The molecule has 1 fully saturated rings. The van der Waals surface area contributed by atoms with E-state index >= 15 is 0 Å². The third kappa shape index (κ3) is 2.92. The largest absolute Gasteiger partial charge is 0.391 e. The van der Waals surface area contributed by atoms with E-state index in [1.54, 1.807) is 6.92 Å². The number of amides is 1. The molecule has 0 radical (unpaired) electrons. The van der Waals surface area contributed by atoms with Gasteiger partial charge < -0.3 is 15.7 Å². The lowest BCUT2D eigenvalue weighted by Gasteiger charge is -2.31. The van der Waals surface area contributed by atoms with E-state index in [-0.39, 0.29) is 17.9 Å². The first-order chi connectivity index (χ1) is 6.84. The zero-order chi connectivity index (χ0) is 11.6. The molecule has 1 heterocycles. The van der Waals surface area contributed by atoms with Crippen molar-refractivity contribution in [1.29, 1.82) is 0 Å². The summed E-state index contributed by atoms with van der Waals surface area (Å²) in [6.07, 6.45) is 0.328. The summed E-state index contributed by atoms with van der Waals surface area (Å²) in [5, 5.41) is 15.6. The molecule has 0 aromatic carbocycles. The Hall–Kier alpha value is -0.610. The molecule has 3 atom stereocenters. The van der Waals surface area contributed by atoms with Gasteiger partial charge in [0.2, 0.25) is 5.91 Å². The Morgan fingerprint density at radius 1 is 1.60 bits per heavy atom. The van der Waals surface area contributed by atoms with E-state index in [1.165, 1.54) is 0 Å². The Kier molecular flexibility index (Phi) is 3.73. The molecule has 15 heavy (non-hydrogen) atoms. The molecular formula is C11H22N2O2. The summed E-state index contributed by atoms with van der Waals surface area (Å²) >= 11 is 0. The maximum absolute atomic E-state index is 11.9. The van der Waals surface area contributed by atoms with Gasteiger partial charge in [-0.2, -0.15) is 0 Å². The number of nitrogens with one attached hydrogen (secondary N) is 2. The van der Waals surface area contributed by atoms with Crippen LogP contribution in [-0.4, -0.2) is 35.2 Å². The van der Waals surface area contributed by atoms with Crippen molar-refractivity contribution in [2.75, 3.05) is 6.54 Å². The molecule has 0 bridgehead atoms. The van der Waals surface area contributed by atoms with Crippen molar-refractivity contribution in [3.05, 3.63) is 0 Å². The van der Waals surface area contributed by atoms with Crippen LogP contribution in [0.3, 0.4) is 0 Å². The van der Waals surface area contributed by atoms with Crippen LogP contribution in [0.2, 0.25) is 0 Å². The van der Waals surface area contributed by atoms with Gasteiger partial charge in [0, 0.05) is 6.04 Å². The van der Waals surface area contributed by atoms with Crippen LogP contribution in [-0.2, 0) is 4.79 Å². The summed E-state index contributed by atoms with van der Waals surface area (Å²) in [6.45, 7) is 8.28. The Morgan fingerprint density at radius 3 is 2.60 bits per heavy atom. The highest BCUT2D eigenvalue weighted by Gasteiger charge is 2.34. The van der Waals surface area contributed by atoms with E-state index < -0.39 is 11.6 Å². The molecule has 0 aromatic rings. The van der Waals surface area contributed by atoms with Gasteiger partial charge in [-0.1, -0.05) is 0 Å². The molecule has 0 saturated carbocycles. The topological polar surface area (TPSA) is 61.4 Å². The van der Waals surface area contributed by atoms with Gasteiger partial charge in [-0.15, -0.1) is 0 Å². The molecule has 1 aliphatic rings. The lowest BCUT2D eigenvalue weighted by Crippen LogP contribution is -2.53. The average molecular weight is 214 g/mol. The average Bonchev–Trinajstić information content (AvgIpc) is 2.50. The Balaban J connectivity index is 2.55. The highest BCUT2D eigenvalue weighted by molar-refractivity contribution is 5.80. The Bertz CT molecular complexity index is 239. The third-order valence-corrected chi connectivity index (χ3v) is 3.35. The zero-order valence-electron chi connectivity index (χ0n) is 10.0. The molecule has 1 amide bonds. The number of hydrogen-bond donors (Lipinski definition) is 3. The number of aliphatic hydroxyl groups is 1. The molecular weight excluding hydrogens is 192 g/mol. The predicted molar refractivity (Wildman–Crippen MR) is 59.5 cm³/mol. The molecule has 3 N–H and O–H groups in total. The second-order valence-electron chi connectivity index (χ2n) is 5.02. The molecule has 3 unspecified atom stereocenters. The van der Waals surface area contributed by atoms with Crippen molar-refractivity contribution < 1.29 is 9.90 Å². The summed E-state index contributed by atoms with van der Waals surface area (Å²) in [7, 11) is 0. The summed E-state index contributed by atoms with van der Waals surface area (Å²) in [5.74, 6) is 0.0708. The maximum Gasteiger partial charge on any atom is 0.225 e. The predicted octanol–water partition coefficient (Wildman–Crippen LogP) is 0.260. The van der Waals surface area contributed by atoms with Crippen molar-refractivity contribution in [2.24, 2.45) is 5.92 Å². The summed E-state index contributed by atoms with van der Waals surface area (Å²) in [4.78, 5) is 11.9. The quantitative estimate of drug-likeness (QED) is 0.631. The maximum atomic E-state index is 11.9. The van der Waals surface area contributed by atoms with E-state index in [0.717, 1.165) is 13.0 Å². The molecule has 0 aliphatic carbocycles. The molecule has 0 aromatic heterocycles. The Labute approximate surface area is 91.4 Å². The summed E-state index contributed by atoms with van der Waals surface area (Å²) in [5.41, 5.74) is -0.556. The number of rotatable bonds is 3. The Morgan fingerprint density at radius 2 is 2.20 bits per heavy atom. The van der Waals surface area contributed by atoms with Crippen LogP contribution in [0.4, 0.5) is 0 Å². The van der Waals surface area contributed by atoms with Gasteiger partial charge in [-0.3, -0.25) is 4.79 Å². The van der Waals surface area contributed by atoms with Crippen molar-refractivity contribution in [3.63, 3.8) is 0 Å². The molecule has 1 saturated heterocycles. The van der Waals surface area contributed by atoms with Gasteiger partial charge in [0.25, 0.3) is 0 Å². The second-order valence-corrected chi connectivity index (χ2v) is 5.02. The van der Waals surface area contributed by atoms with Gasteiger partial charge in [-0.05, 0) is 40.7 Å². The zero-order valence-corrected chi connectivity index (χ0v) is 10.0.